The molecule has 1 unspecified atom stereocenters. The highest BCUT2D eigenvalue weighted by Crippen LogP contribution is 2.06. The Morgan fingerprint density at radius 2 is 1.94 bits per heavy atom. The van der Waals surface area contributed by atoms with E-state index in [2.05, 4.69) is 15.6 Å². The lowest BCUT2D eigenvalue weighted by atomic mass is 10.2. The third-order valence-electron chi connectivity index (χ3n) is 1.51. The fourth-order valence-electron chi connectivity index (χ4n) is 0.858. The van der Waals surface area contributed by atoms with Crippen LogP contribution in [0.1, 0.15) is 27.7 Å². The van der Waals surface area contributed by atoms with Gasteiger partial charge in [-0.15, -0.1) is 0 Å². The molecule has 17 heavy (non-hydrogen) atoms. The third-order valence-corrected chi connectivity index (χ3v) is 1.51. The lowest BCUT2D eigenvalue weighted by Crippen LogP contribution is -2.50. The summed E-state index contributed by atoms with van der Waals surface area (Å²) in [6.45, 7) is 6.52. The molecule has 0 saturated carbocycles. The van der Waals surface area contributed by atoms with Crippen molar-refractivity contribution in [2.45, 2.75) is 39.3 Å². The first-order chi connectivity index (χ1) is 7.80. The average molecular weight is 248 g/mol. The minimum atomic E-state index is -1.10. The van der Waals surface area contributed by atoms with Crippen LogP contribution in [-0.2, 0) is 14.4 Å². The van der Waals surface area contributed by atoms with Gasteiger partial charge in [-0.25, -0.2) is 10.3 Å². The molecule has 0 bridgehead atoms. The molecular formula is C10H20N2O5. The van der Waals surface area contributed by atoms with Gasteiger partial charge in [-0.2, -0.15) is 0 Å². The van der Waals surface area contributed by atoms with Crippen LogP contribution in [-0.4, -0.2) is 42.0 Å². The van der Waals surface area contributed by atoms with Crippen molar-refractivity contribution in [1.29, 1.82) is 0 Å². The minimum Gasteiger partial charge on any atom is -0.444 e. The molecule has 0 aromatic heterocycles. The summed E-state index contributed by atoms with van der Waals surface area (Å²) in [7, 11) is 0. The molecule has 1 atom stereocenters. The second kappa shape index (κ2) is 7.08. The van der Waals surface area contributed by atoms with E-state index < -0.39 is 30.3 Å². The summed E-state index contributed by atoms with van der Waals surface area (Å²) in [6, 6.07) is -1.10. The molecule has 0 fully saturated rings. The maximum atomic E-state index is 11.4. The third kappa shape index (κ3) is 7.53. The van der Waals surface area contributed by atoms with Crippen LogP contribution >= 0.6 is 0 Å². The van der Waals surface area contributed by atoms with Crippen LogP contribution in [0.5, 0.6) is 0 Å². The summed E-state index contributed by atoms with van der Waals surface area (Å²) >= 11 is 0. The fraction of sp³-hybridized carbons (Fsp3) is 0.800. The van der Waals surface area contributed by atoms with Crippen LogP contribution in [0.4, 0.5) is 4.79 Å². The number of rotatable bonds is 5. The zero-order chi connectivity index (χ0) is 13.5. The summed E-state index contributed by atoms with van der Waals surface area (Å²) in [4.78, 5) is 27.4. The Morgan fingerprint density at radius 1 is 1.35 bits per heavy atom. The number of hydrogen-bond donors (Lipinski definition) is 3. The quantitative estimate of drug-likeness (QED) is 0.592. The van der Waals surface area contributed by atoms with Crippen LogP contribution in [0.2, 0.25) is 0 Å². The molecule has 100 valence electrons. The molecule has 0 aliphatic carbocycles. The van der Waals surface area contributed by atoms with E-state index in [0.717, 1.165) is 0 Å². The molecule has 0 aromatic carbocycles. The number of aliphatic hydroxyl groups is 1. The summed E-state index contributed by atoms with van der Waals surface area (Å²) < 4.78 is 4.94. The molecule has 0 saturated heterocycles. The van der Waals surface area contributed by atoms with Crippen molar-refractivity contribution < 1.29 is 24.3 Å². The van der Waals surface area contributed by atoms with Gasteiger partial charge in [-0.05, 0) is 27.7 Å². The van der Waals surface area contributed by atoms with E-state index >= 15 is 0 Å². The molecule has 7 nitrogen and oxygen atoms in total. The Balaban J connectivity index is 4.21. The molecule has 0 heterocycles. The first-order valence-electron chi connectivity index (χ1n) is 5.32. The highest BCUT2D eigenvalue weighted by atomic mass is 16.6. The predicted octanol–water partition coefficient (Wildman–Crippen LogP) is -0.0603. The molecule has 0 spiro atoms. The number of carbonyl (C=O) groups excluding carboxylic acids is 2. The highest BCUT2D eigenvalue weighted by Gasteiger charge is 2.23. The number of hydroxylamine groups is 1. The molecule has 0 radical (unpaired) electrons. The lowest BCUT2D eigenvalue weighted by Gasteiger charge is -2.22. The molecular weight excluding hydrogens is 228 g/mol. The minimum absolute atomic E-state index is 0.288. The number of alkyl carbamates (subject to hydrolysis) is 1. The Hall–Kier alpha value is -1.34. The van der Waals surface area contributed by atoms with Crippen LogP contribution in [0.25, 0.3) is 0 Å². The zero-order valence-electron chi connectivity index (χ0n) is 10.6. The van der Waals surface area contributed by atoms with Crippen molar-refractivity contribution in [3.05, 3.63) is 0 Å². The van der Waals surface area contributed by atoms with Crippen LogP contribution in [0.15, 0.2) is 0 Å². The average Bonchev–Trinajstić information content (AvgIpc) is 2.19. The normalized spacial score (nSPS) is 12.8. The number of ether oxygens (including phenoxy) is 1. The van der Waals surface area contributed by atoms with Gasteiger partial charge >= 0.3 is 6.09 Å². The molecule has 0 aliphatic rings. The molecule has 3 N–H and O–H groups in total. The maximum Gasteiger partial charge on any atom is 0.408 e. The number of nitrogens with one attached hydrogen (secondary N) is 2. The van der Waals surface area contributed by atoms with Crippen molar-refractivity contribution in [1.82, 2.24) is 10.8 Å². The first-order valence-corrected chi connectivity index (χ1v) is 5.32. The van der Waals surface area contributed by atoms with Crippen molar-refractivity contribution >= 4 is 12.0 Å². The van der Waals surface area contributed by atoms with E-state index in [1.165, 1.54) is 0 Å². The van der Waals surface area contributed by atoms with E-state index in [1.54, 1.807) is 27.7 Å². The number of aliphatic hydroxyl groups excluding tert-OH is 1. The van der Waals surface area contributed by atoms with E-state index in [4.69, 9.17) is 9.84 Å². The molecule has 0 rings (SSSR count). The Bertz CT molecular complexity index is 262. The SMILES string of the molecule is CCONC(=O)C(CO)NC(=O)OC(C)(C)C. The van der Waals surface area contributed by atoms with Crippen LogP contribution in [0.3, 0.4) is 0 Å². The van der Waals surface area contributed by atoms with Gasteiger partial charge in [0.2, 0.25) is 0 Å². The largest absolute Gasteiger partial charge is 0.444 e. The van der Waals surface area contributed by atoms with Gasteiger partial charge in [-0.1, -0.05) is 0 Å². The van der Waals surface area contributed by atoms with E-state index in [9.17, 15) is 9.59 Å². The monoisotopic (exact) mass is 248 g/mol. The van der Waals surface area contributed by atoms with E-state index in [-0.39, 0.29) is 6.61 Å². The highest BCUT2D eigenvalue weighted by molar-refractivity contribution is 5.85. The van der Waals surface area contributed by atoms with Gasteiger partial charge in [0, 0.05) is 0 Å². The van der Waals surface area contributed by atoms with E-state index in [1.807, 2.05) is 0 Å². The number of amides is 2. The molecule has 0 aliphatic heterocycles. The number of carbonyl (C=O) groups is 2. The summed E-state index contributed by atoms with van der Waals surface area (Å²) in [5, 5.41) is 11.2. The van der Waals surface area contributed by atoms with Gasteiger partial charge in [0.25, 0.3) is 5.91 Å². The topological polar surface area (TPSA) is 96.9 Å². The molecule has 2 amide bonds. The lowest BCUT2D eigenvalue weighted by molar-refractivity contribution is -0.136. The van der Waals surface area contributed by atoms with Crippen LogP contribution < -0.4 is 10.8 Å². The summed E-state index contributed by atoms with van der Waals surface area (Å²) in [5.74, 6) is -0.639. The van der Waals surface area contributed by atoms with Crippen molar-refractivity contribution in [3.63, 3.8) is 0 Å². The van der Waals surface area contributed by atoms with Gasteiger partial charge in [-0.3, -0.25) is 9.63 Å². The second-order valence-electron chi connectivity index (χ2n) is 4.28. The fourth-order valence-corrected chi connectivity index (χ4v) is 0.858. The smallest absolute Gasteiger partial charge is 0.408 e. The van der Waals surface area contributed by atoms with Crippen molar-refractivity contribution in [3.8, 4) is 0 Å². The first kappa shape index (κ1) is 15.7. The second-order valence-corrected chi connectivity index (χ2v) is 4.28. The maximum absolute atomic E-state index is 11.4. The summed E-state index contributed by atoms with van der Waals surface area (Å²) in [6.07, 6.45) is -0.775. The summed E-state index contributed by atoms with van der Waals surface area (Å²) in [5.41, 5.74) is 1.42. The van der Waals surface area contributed by atoms with Gasteiger partial charge in [0.05, 0.1) is 13.2 Å². The van der Waals surface area contributed by atoms with Gasteiger partial charge in [0.15, 0.2) is 0 Å². The zero-order valence-corrected chi connectivity index (χ0v) is 10.6. The number of hydrogen-bond acceptors (Lipinski definition) is 5. The van der Waals surface area contributed by atoms with Gasteiger partial charge < -0.3 is 15.2 Å². The predicted molar refractivity (Wildman–Crippen MR) is 60.0 cm³/mol. The molecule has 7 heteroatoms. The Labute approximate surface area is 100 Å². The van der Waals surface area contributed by atoms with Gasteiger partial charge in [0.1, 0.15) is 11.6 Å². The Morgan fingerprint density at radius 3 is 2.35 bits per heavy atom. The van der Waals surface area contributed by atoms with E-state index in [0.29, 0.717) is 0 Å². The Kier molecular flexibility index (Phi) is 6.52. The van der Waals surface area contributed by atoms with Crippen molar-refractivity contribution in [2.75, 3.05) is 13.2 Å². The van der Waals surface area contributed by atoms with Crippen molar-refractivity contribution in [2.24, 2.45) is 0 Å². The molecule has 0 aromatic rings. The standard InChI is InChI=1S/C10H20N2O5/c1-5-16-12-8(14)7(6-13)11-9(15)17-10(2,3)4/h7,13H,5-6H2,1-4H3,(H,11,15)(H,12,14). The van der Waals surface area contributed by atoms with Crippen LogP contribution in [0, 0.1) is 0 Å².